The standard InChI is InChI=1S/C18H22F2N2O3/c19-18(20)25-16-9-5-4-8-15(16)12-22-24-13-17(23)21-11-10-14-6-2-1-3-7-14/h4-6,8-9,12,18H,1-3,7,10-11,13H2,(H,21,23)/b22-12+. The van der Waals surface area contributed by atoms with Crippen LogP contribution in [0, 0.1) is 0 Å². The van der Waals surface area contributed by atoms with E-state index >= 15 is 0 Å². The van der Waals surface area contributed by atoms with Crippen molar-refractivity contribution in [1.82, 2.24) is 5.32 Å². The zero-order chi connectivity index (χ0) is 17.9. The van der Waals surface area contributed by atoms with Gasteiger partial charge in [0, 0.05) is 12.1 Å². The molecule has 1 aromatic rings. The maximum atomic E-state index is 12.3. The van der Waals surface area contributed by atoms with Crippen LogP contribution in [-0.2, 0) is 9.63 Å². The number of hydrogen-bond donors (Lipinski definition) is 1. The molecule has 25 heavy (non-hydrogen) atoms. The van der Waals surface area contributed by atoms with Gasteiger partial charge in [-0.25, -0.2) is 0 Å². The highest BCUT2D eigenvalue weighted by Gasteiger charge is 2.08. The molecule has 0 aromatic heterocycles. The van der Waals surface area contributed by atoms with Gasteiger partial charge in [-0.1, -0.05) is 28.9 Å². The van der Waals surface area contributed by atoms with Gasteiger partial charge in [-0.2, -0.15) is 8.78 Å². The lowest BCUT2D eigenvalue weighted by Crippen LogP contribution is -2.28. The number of hydrogen-bond acceptors (Lipinski definition) is 4. The predicted molar refractivity (Wildman–Crippen MR) is 90.8 cm³/mol. The molecule has 0 bridgehead atoms. The summed E-state index contributed by atoms with van der Waals surface area (Å²) in [6.45, 7) is -2.57. The van der Waals surface area contributed by atoms with Crippen LogP contribution in [-0.4, -0.2) is 31.9 Å². The van der Waals surface area contributed by atoms with Crippen LogP contribution in [0.25, 0.3) is 0 Å². The van der Waals surface area contributed by atoms with E-state index in [9.17, 15) is 13.6 Å². The molecule has 2 rings (SSSR count). The summed E-state index contributed by atoms with van der Waals surface area (Å²) in [5.41, 5.74) is 1.73. The quantitative estimate of drug-likeness (QED) is 0.419. The minimum atomic E-state index is -2.92. The maximum Gasteiger partial charge on any atom is 0.387 e. The molecule has 1 aliphatic rings. The van der Waals surface area contributed by atoms with E-state index in [-0.39, 0.29) is 18.3 Å². The number of alkyl halides is 2. The highest BCUT2D eigenvalue weighted by Crippen LogP contribution is 2.19. The molecule has 5 nitrogen and oxygen atoms in total. The normalized spacial score (nSPS) is 14.4. The van der Waals surface area contributed by atoms with Gasteiger partial charge in [-0.05, 0) is 44.2 Å². The third kappa shape index (κ3) is 7.32. The Morgan fingerprint density at radius 2 is 2.16 bits per heavy atom. The van der Waals surface area contributed by atoms with Crippen molar-refractivity contribution >= 4 is 12.1 Å². The Bertz CT molecular complexity index is 618. The first-order valence-corrected chi connectivity index (χ1v) is 8.29. The minimum absolute atomic E-state index is 0.00458. The molecule has 0 radical (unpaired) electrons. The topological polar surface area (TPSA) is 59.9 Å². The third-order valence-electron chi connectivity index (χ3n) is 3.75. The first-order valence-electron chi connectivity index (χ1n) is 8.29. The van der Waals surface area contributed by atoms with Gasteiger partial charge in [0.25, 0.3) is 5.91 Å². The summed E-state index contributed by atoms with van der Waals surface area (Å²) in [5, 5.41) is 6.39. The molecule has 1 aromatic carbocycles. The molecule has 0 unspecified atom stereocenters. The number of allylic oxidation sites excluding steroid dienone is 1. The van der Waals surface area contributed by atoms with Crippen LogP contribution in [0.1, 0.15) is 37.7 Å². The van der Waals surface area contributed by atoms with E-state index in [0.29, 0.717) is 12.1 Å². The predicted octanol–water partition coefficient (Wildman–Crippen LogP) is 3.65. The number of amides is 1. The van der Waals surface area contributed by atoms with Gasteiger partial charge in [0.2, 0.25) is 0 Å². The van der Waals surface area contributed by atoms with Gasteiger partial charge in [0.15, 0.2) is 6.61 Å². The first-order chi connectivity index (χ1) is 12.1. The highest BCUT2D eigenvalue weighted by molar-refractivity contribution is 5.83. The van der Waals surface area contributed by atoms with Crippen molar-refractivity contribution in [3.63, 3.8) is 0 Å². The Kier molecular flexibility index (Phi) is 7.88. The molecule has 0 fully saturated rings. The van der Waals surface area contributed by atoms with E-state index in [0.717, 1.165) is 19.3 Å². The molecule has 1 aliphatic carbocycles. The van der Waals surface area contributed by atoms with E-state index in [1.165, 1.54) is 30.7 Å². The Morgan fingerprint density at radius 1 is 1.32 bits per heavy atom. The van der Waals surface area contributed by atoms with Crippen LogP contribution in [0.5, 0.6) is 5.75 Å². The molecular weight excluding hydrogens is 330 g/mol. The first kappa shape index (κ1) is 18.9. The number of carbonyl (C=O) groups is 1. The number of ether oxygens (including phenoxy) is 1. The van der Waals surface area contributed by atoms with Crippen molar-refractivity contribution in [2.24, 2.45) is 5.16 Å². The Labute approximate surface area is 145 Å². The number of benzene rings is 1. The van der Waals surface area contributed by atoms with E-state index in [4.69, 9.17) is 4.84 Å². The molecule has 0 atom stereocenters. The average molecular weight is 352 g/mol. The fraction of sp³-hybridized carbons (Fsp3) is 0.444. The van der Waals surface area contributed by atoms with Crippen molar-refractivity contribution in [2.75, 3.05) is 13.2 Å². The molecule has 1 N–H and O–H groups in total. The number of carbonyl (C=O) groups excluding carboxylic acids is 1. The largest absolute Gasteiger partial charge is 0.434 e. The summed E-state index contributed by atoms with van der Waals surface area (Å²) in [6, 6.07) is 6.19. The number of nitrogens with one attached hydrogen (secondary N) is 1. The van der Waals surface area contributed by atoms with Crippen LogP contribution in [0.15, 0.2) is 41.1 Å². The number of rotatable bonds is 9. The average Bonchev–Trinajstić information content (AvgIpc) is 2.60. The van der Waals surface area contributed by atoms with Crippen molar-refractivity contribution in [3.05, 3.63) is 41.5 Å². The molecular formula is C18H22F2N2O3. The summed E-state index contributed by atoms with van der Waals surface area (Å²) in [7, 11) is 0. The van der Waals surface area contributed by atoms with Crippen molar-refractivity contribution in [2.45, 2.75) is 38.7 Å². The van der Waals surface area contributed by atoms with Gasteiger partial charge >= 0.3 is 6.61 Å². The lowest BCUT2D eigenvalue weighted by molar-refractivity contribution is -0.125. The second-order valence-corrected chi connectivity index (χ2v) is 5.63. The van der Waals surface area contributed by atoms with Gasteiger partial charge < -0.3 is 14.9 Å². The van der Waals surface area contributed by atoms with E-state index in [1.807, 2.05) is 0 Å². The lowest BCUT2D eigenvalue weighted by atomic mass is 9.97. The molecule has 1 amide bonds. The summed E-state index contributed by atoms with van der Waals surface area (Å²) in [4.78, 5) is 16.6. The SMILES string of the molecule is O=C(CO/N=C/c1ccccc1OC(F)F)NCCC1=CCCCC1. The third-order valence-corrected chi connectivity index (χ3v) is 3.75. The molecule has 7 heteroatoms. The summed E-state index contributed by atoms with van der Waals surface area (Å²) in [5.74, 6) is -0.277. The second-order valence-electron chi connectivity index (χ2n) is 5.63. The monoisotopic (exact) mass is 352 g/mol. The zero-order valence-corrected chi connectivity index (χ0v) is 13.9. The van der Waals surface area contributed by atoms with Crippen LogP contribution in [0.2, 0.25) is 0 Å². The minimum Gasteiger partial charge on any atom is -0.434 e. The lowest BCUT2D eigenvalue weighted by Gasteiger charge is -2.12. The summed E-state index contributed by atoms with van der Waals surface area (Å²) >= 11 is 0. The molecule has 0 heterocycles. The smallest absolute Gasteiger partial charge is 0.387 e. The van der Waals surface area contributed by atoms with Gasteiger partial charge in [-0.3, -0.25) is 4.79 Å². The van der Waals surface area contributed by atoms with E-state index < -0.39 is 6.61 Å². The number of oxime groups is 1. The maximum absolute atomic E-state index is 12.3. The van der Waals surface area contributed by atoms with Crippen LogP contribution in [0.4, 0.5) is 8.78 Å². The van der Waals surface area contributed by atoms with Gasteiger partial charge in [-0.15, -0.1) is 0 Å². The highest BCUT2D eigenvalue weighted by atomic mass is 19.3. The number of halogens is 2. The molecule has 0 spiro atoms. The fourth-order valence-electron chi connectivity index (χ4n) is 2.53. The van der Waals surface area contributed by atoms with Crippen molar-refractivity contribution in [3.8, 4) is 5.75 Å². The van der Waals surface area contributed by atoms with Crippen molar-refractivity contribution in [1.29, 1.82) is 0 Å². The Balaban J connectivity index is 1.68. The second kappa shape index (κ2) is 10.4. The number of nitrogens with zero attached hydrogens (tertiary/aromatic N) is 1. The van der Waals surface area contributed by atoms with Gasteiger partial charge in [0.05, 0.1) is 6.21 Å². The Hall–Kier alpha value is -2.44. The Morgan fingerprint density at radius 3 is 2.92 bits per heavy atom. The van der Waals surface area contributed by atoms with E-state index in [1.54, 1.807) is 18.2 Å². The zero-order valence-electron chi connectivity index (χ0n) is 13.9. The molecule has 0 saturated carbocycles. The summed E-state index contributed by atoms with van der Waals surface area (Å²) < 4.78 is 29.0. The van der Waals surface area contributed by atoms with Crippen molar-refractivity contribution < 1.29 is 23.1 Å². The van der Waals surface area contributed by atoms with Crippen LogP contribution < -0.4 is 10.1 Å². The van der Waals surface area contributed by atoms with Crippen LogP contribution in [0.3, 0.4) is 0 Å². The molecule has 136 valence electrons. The molecule has 0 saturated heterocycles. The summed E-state index contributed by atoms with van der Waals surface area (Å²) in [6.07, 6.45) is 9.02. The van der Waals surface area contributed by atoms with Gasteiger partial charge in [0.1, 0.15) is 5.75 Å². The molecule has 0 aliphatic heterocycles. The van der Waals surface area contributed by atoms with Crippen LogP contribution >= 0.6 is 0 Å². The van der Waals surface area contributed by atoms with E-state index in [2.05, 4.69) is 21.3 Å². The fourth-order valence-corrected chi connectivity index (χ4v) is 2.53. The number of para-hydroxylation sites is 1.